The minimum absolute atomic E-state index is 0.407. The van der Waals surface area contributed by atoms with Gasteiger partial charge >= 0.3 is 0 Å². The van der Waals surface area contributed by atoms with Gasteiger partial charge in [-0.05, 0) is 6.92 Å². The molecule has 0 unspecified atom stereocenters. The van der Waals surface area contributed by atoms with Crippen LogP contribution in [-0.2, 0) is 9.59 Å². The van der Waals surface area contributed by atoms with Crippen LogP contribution in [0.4, 0.5) is 0 Å². The van der Waals surface area contributed by atoms with Gasteiger partial charge in [-0.1, -0.05) is 0 Å². The number of nitrogens with one attached hydrogen (secondary N) is 1. The normalized spacial score (nSPS) is 9.70. The van der Waals surface area contributed by atoms with E-state index in [4.69, 9.17) is 5.11 Å². The standard InChI is InChI=1S/C6H9NO3/c1-2-7-6(10)5(9)3-4-8/h3-4,8H,2H2,1H3,(H,7,10). The number of hydrogen-bond donors (Lipinski definition) is 2. The van der Waals surface area contributed by atoms with Crippen molar-refractivity contribution in [3.63, 3.8) is 0 Å². The zero-order valence-electron chi connectivity index (χ0n) is 5.63. The monoisotopic (exact) mass is 143 g/mol. The number of amides is 1. The summed E-state index contributed by atoms with van der Waals surface area (Å²) in [6.07, 6.45) is 1.34. The summed E-state index contributed by atoms with van der Waals surface area (Å²) in [7, 11) is 0. The van der Waals surface area contributed by atoms with Crippen molar-refractivity contribution in [1.29, 1.82) is 0 Å². The fraction of sp³-hybridized carbons (Fsp3) is 0.333. The molecule has 0 spiro atoms. The first-order chi connectivity index (χ1) is 4.72. The maximum atomic E-state index is 10.5. The Hall–Kier alpha value is -1.32. The molecule has 0 aromatic rings. The number of ketones is 1. The molecule has 0 aromatic heterocycles. The van der Waals surface area contributed by atoms with Crippen molar-refractivity contribution in [2.45, 2.75) is 6.92 Å². The fourth-order valence-electron chi connectivity index (χ4n) is 0.391. The van der Waals surface area contributed by atoms with Gasteiger partial charge in [-0.25, -0.2) is 0 Å². The molecule has 0 saturated carbocycles. The number of carbonyl (C=O) groups is 2. The van der Waals surface area contributed by atoms with Crippen LogP contribution in [0.2, 0.25) is 0 Å². The van der Waals surface area contributed by atoms with Crippen molar-refractivity contribution in [2.24, 2.45) is 0 Å². The molecule has 0 fully saturated rings. The van der Waals surface area contributed by atoms with E-state index in [0.717, 1.165) is 6.08 Å². The van der Waals surface area contributed by atoms with Crippen LogP contribution in [0.25, 0.3) is 0 Å². The van der Waals surface area contributed by atoms with E-state index in [-0.39, 0.29) is 0 Å². The number of likely N-dealkylation sites (N-methyl/N-ethyl adjacent to an activating group) is 1. The van der Waals surface area contributed by atoms with E-state index in [1.165, 1.54) is 0 Å². The molecule has 0 bridgehead atoms. The molecule has 1 amide bonds. The van der Waals surface area contributed by atoms with Gasteiger partial charge in [-0.2, -0.15) is 0 Å². The molecular weight excluding hydrogens is 134 g/mol. The Kier molecular flexibility index (Phi) is 3.95. The Labute approximate surface area is 58.5 Å². The first-order valence-corrected chi connectivity index (χ1v) is 2.85. The lowest BCUT2D eigenvalue weighted by Crippen LogP contribution is -2.29. The summed E-state index contributed by atoms with van der Waals surface area (Å²) in [5.41, 5.74) is 0. The highest BCUT2D eigenvalue weighted by atomic mass is 16.2. The lowest BCUT2D eigenvalue weighted by atomic mass is 10.3. The lowest BCUT2D eigenvalue weighted by Gasteiger charge is -1.94. The van der Waals surface area contributed by atoms with E-state index in [9.17, 15) is 9.59 Å². The first kappa shape index (κ1) is 8.68. The Bertz CT molecular complexity index is 162. The molecule has 0 saturated heterocycles. The third-order valence-corrected chi connectivity index (χ3v) is 0.787. The summed E-state index contributed by atoms with van der Waals surface area (Å²) in [5.74, 6) is -1.45. The smallest absolute Gasteiger partial charge is 0.291 e. The van der Waals surface area contributed by atoms with Crippen LogP contribution in [-0.4, -0.2) is 23.3 Å². The number of rotatable bonds is 3. The summed E-state index contributed by atoms with van der Waals surface area (Å²) >= 11 is 0. The van der Waals surface area contributed by atoms with E-state index in [1.54, 1.807) is 6.92 Å². The SMILES string of the molecule is CCNC(=O)C(=O)C=CO. The van der Waals surface area contributed by atoms with Gasteiger partial charge in [0.05, 0.1) is 6.26 Å². The molecule has 0 rings (SSSR count). The van der Waals surface area contributed by atoms with Crippen LogP contribution >= 0.6 is 0 Å². The molecule has 0 aliphatic rings. The molecular formula is C6H9NO3. The van der Waals surface area contributed by atoms with Gasteiger partial charge in [0.2, 0.25) is 5.78 Å². The summed E-state index contributed by atoms with van der Waals surface area (Å²) in [6.45, 7) is 2.11. The molecule has 56 valence electrons. The fourth-order valence-corrected chi connectivity index (χ4v) is 0.391. The maximum absolute atomic E-state index is 10.5. The molecule has 0 radical (unpaired) electrons. The number of aliphatic hydroxyl groups is 1. The van der Waals surface area contributed by atoms with Crippen molar-refractivity contribution < 1.29 is 14.7 Å². The van der Waals surface area contributed by atoms with Crippen molar-refractivity contribution in [3.05, 3.63) is 12.3 Å². The second kappa shape index (κ2) is 4.55. The van der Waals surface area contributed by atoms with Crippen molar-refractivity contribution in [2.75, 3.05) is 6.54 Å². The van der Waals surface area contributed by atoms with Gasteiger partial charge < -0.3 is 10.4 Å². The molecule has 4 nitrogen and oxygen atoms in total. The summed E-state index contributed by atoms with van der Waals surface area (Å²) in [5, 5.41) is 10.4. The van der Waals surface area contributed by atoms with Gasteiger partial charge in [0.25, 0.3) is 5.91 Å². The van der Waals surface area contributed by atoms with E-state index >= 15 is 0 Å². The van der Waals surface area contributed by atoms with Crippen molar-refractivity contribution in [1.82, 2.24) is 5.32 Å². The maximum Gasteiger partial charge on any atom is 0.291 e. The highest BCUT2D eigenvalue weighted by molar-refractivity contribution is 6.40. The third-order valence-electron chi connectivity index (χ3n) is 0.787. The van der Waals surface area contributed by atoms with E-state index in [2.05, 4.69) is 5.32 Å². The average Bonchev–Trinajstić information content (AvgIpc) is 1.89. The molecule has 0 aromatic carbocycles. The molecule has 2 N–H and O–H groups in total. The molecule has 10 heavy (non-hydrogen) atoms. The number of carbonyl (C=O) groups excluding carboxylic acids is 2. The zero-order chi connectivity index (χ0) is 7.98. The Balaban J connectivity index is 3.83. The lowest BCUT2D eigenvalue weighted by molar-refractivity contribution is -0.135. The third kappa shape index (κ3) is 2.86. The summed E-state index contributed by atoms with van der Waals surface area (Å²) in [6, 6.07) is 0. The van der Waals surface area contributed by atoms with Crippen LogP contribution in [0.3, 0.4) is 0 Å². The molecule has 0 aliphatic heterocycles. The van der Waals surface area contributed by atoms with Gasteiger partial charge in [0.1, 0.15) is 0 Å². The molecule has 0 atom stereocenters. The quantitative estimate of drug-likeness (QED) is 0.325. The van der Waals surface area contributed by atoms with Crippen LogP contribution < -0.4 is 5.32 Å². The number of aliphatic hydroxyl groups excluding tert-OH is 1. The summed E-state index contributed by atoms with van der Waals surface area (Å²) < 4.78 is 0. The second-order valence-electron chi connectivity index (χ2n) is 1.54. The predicted octanol–water partition coefficient (Wildman–Crippen LogP) is -0.237. The highest BCUT2D eigenvalue weighted by Crippen LogP contribution is 1.74. The molecule has 4 heteroatoms. The predicted molar refractivity (Wildman–Crippen MR) is 35.5 cm³/mol. The Morgan fingerprint density at radius 1 is 1.60 bits per heavy atom. The van der Waals surface area contributed by atoms with Crippen molar-refractivity contribution >= 4 is 11.7 Å². The van der Waals surface area contributed by atoms with Crippen LogP contribution in [0.1, 0.15) is 6.92 Å². The van der Waals surface area contributed by atoms with Crippen LogP contribution in [0, 0.1) is 0 Å². The van der Waals surface area contributed by atoms with E-state index < -0.39 is 11.7 Å². The second-order valence-corrected chi connectivity index (χ2v) is 1.54. The van der Waals surface area contributed by atoms with Crippen LogP contribution in [0.15, 0.2) is 12.3 Å². The van der Waals surface area contributed by atoms with E-state index in [0.29, 0.717) is 12.8 Å². The Morgan fingerprint density at radius 3 is 2.60 bits per heavy atom. The average molecular weight is 143 g/mol. The zero-order valence-corrected chi connectivity index (χ0v) is 5.63. The van der Waals surface area contributed by atoms with Crippen LogP contribution in [0.5, 0.6) is 0 Å². The minimum atomic E-state index is -0.746. The Morgan fingerprint density at radius 2 is 2.20 bits per heavy atom. The van der Waals surface area contributed by atoms with Gasteiger partial charge in [0, 0.05) is 12.6 Å². The van der Waals surface area contributed by atoms with Crippen molar-refractivity contribution in [3.8, 4) is 0 Å². The van der Waals surface area contributed by atoms with Gasteiger partial charge in [0.15, 0.2) is 0 Å². The van der Waals surface area contributed by atoms with Gasteiger partial charge in [-0.15, -0.1) is 0 Å². The topological polar surface area (TPSA) is 66.4 Å². The molecule has 0 heterocycles. The minimum Gasteiger partial charge on any atom is -0.515 e. The highest BCUT2D eigenvalue weighted by Gasteiger charge is 2.06. The summed E-state index contributed by atoms with van der Waals surface area (Å²) in [4.78, 5) is 21.0. The largest absolute Gasteiger partial charge is 0.515 e. The van der Waals surface area contributed by atoms with E-state index in [1.807, 2.05) is 0 Å². The van der Waals surface area contributed by atoms with Gasteiger partial charge in [-0.3, -0.25) is 9.59 Å². The first-order valence-electron chi connectivity index (χ1n) is 2.85. The number of hydrogen-bond acceptors (Lipinski definition) is 3. The molecule has 0 aliphatic carbocycles.